The van der Waals surface area contributed by atoms with Crippen molar-refractivity contribution in [3.05, 3.63) is 42.2 Å². The predicted octanol–water partition coefficient (Wildman–Crippen LogP) is 2.12. The van der Waals surface area contributed by atoms with Crippen molar-refractivity contribution < 1.29 is 9.84 Å². The van der Waals surface area contributed by atoms with Crippen molar-refractivity contribution in [3.8, 4) is 5.69 Å². The molecule has 0 fully saturated rings. The highest BCUT2D eigenvalue weighted by Gasteiger charge is 2.35. The van der Waals surface area contributed by atoms with E-state index in [9.17, 15) is 5.11 Å². The van der Waals surface area contributed by atoms with Crippen molar-refractivity contribution >= 4 is 0 Å². The average Bonchev–Trinajstić information content (AvgIpc) is 2.95. The van der Waals surface area contributed by atoms with Gasteiger partial charge in [-0.2, -0.15) is 0 Å². The van der Waals surface area contributed by atoms with Crippen LogP contribution in [0.25, 0.3) is 5.69 Å². The number of aliphatic hydroxyl groups excluding tert-OH is 1. The number of hydrogen-bond acceptors (Lipinski definition) is 4. The van der Waals surface area contributed by atoms with Crippen LogP contribution in [0.5, 0.6) is 0 Å². The summed E-state index contributed by atoms with van der Waals surface area (Å²) in [5, 5.41) is 18.5. The van der Waals surface area contributed by atoms with Crippen LogP contribution in [0.4, 0.5) is 0 Å². The lowest BCUT2D eigenvalue weighted by Gasteiger charge is -2.32. The molecule has 1 aromatic carbocycles. The van der Waals surface area contributed by atoms with Gasteiger partial charge in [0.2, 0.25) is 0 Å². The molecule has 0 aliphatic carbocycles. The van der Waals surface area contributed by atoms with Gasteiger partial charge in [-0.05, 0) is 25.5 Å². The summed E-state index contributed by atoms with van der Waals surface area (Å²) in [5.41, 5.74) is 0.829. The quantitative estimate of drug-likeness (QED) is 0.895. The van der Waals surface area contributed by atoms with Gasteiger partial charge in [-0.1, -0.05) is 30.3 Å². The Morgan fingerprint density at radius 2 is 2.05 bits per heavy atom. The first-order chi connectivity index (χ1) is 9.12. The molecule has 102 valence electrons. The number of methoxy groups -OCH3 is 1. The summed E-state index contributed by atoms with van der Waals surface area (Å²) in [4.78, 5) is 0. The summed E-state index contributed by atoms with van der Waals surface area (Å²) in [5.74, 6) is 0. The third-order valence-corrected chi connectivity index (χ3v) is 3.60. The van der Waals surface area contributed by atoms with Crippen molar-refractivity contribution in [1.29, 1.82) is 0 Å². The Morgan fingerprint density at radius 3 is 2.63 bits per heavy atom. The second-order valence-corrected chi connectivity index (χ2v) is 4.68. The topological polar surface area (TPSA) is 60.2 Å². The molecule has 2 unspecified atom stereocenters. The standard InChI is InChI=1S/C14H19N3O2/c1-4-14(2,19-3)13(18)12-10-15-16-17(12)11-8-6-5-7-9-11/h5-10,13,18H,4H2,1-3H3. The summed E-state index contributed by atoms with van der Waals surface area (Å²) >= 11 is 0. The van der Waals surface area contributed by atoms with Gasteiger partial charge >= 0.3 is 0 Å². The first-order valence-corrected chi connectivity index (χ1v) is 6.31. The van der Waals surface area contributed by atoms with Crippen LogP contribution in [-0.2, 0) is 4.74 Å². The van der Waals surface area contributed by atoms with Gasteiger partial charge in [0.05, 0.1) is 23.2 Å². The highest BCUT2D eigenvalue weighted by atomic mass is 16.5. The van der Waals surface area contributed by atoms with Crippen molar-refractivity contribution in [2.24, 2.45) is 0 Å². The molecule has 0 radical (unpaired) electrons. The number of hydrogen-bond donors (Lipinski definition) is 1. The largest absolute Gasteiger partial charge is 0.384 e. The SMILES string of the molecule is CCC(C)(OC)C(O)c1cnnn1-c1ccccc1. The van der Waals surface area contributed by atoms with E-state index in [-0.39, 0.29) is 0 Å². The molecule has 0 spiro atoms. The van der Waals surface area contributed by atoms with Crippen LogP contribution in [0, 0.1) is 0 Å². The molecular weight excluding hydrogens is 242 g/mol. The molecule has 2 rings (SSSR count). The fraction of sp³-hybridized carbons (Fsp3) is 0.429. The monoisotopic (exact) mass is 261 g/mol. The summed E-state index contributed by atoms with van der Waals surface area (Å²) in [6.07, 6.45) is 1.47. The van der Waals surface area contributed by atoms with Crippen LogP contribution in [0.1, 0.15) is 32.1 Å². The molecule has 19 heavy (non-hydrogen) atoms. The summed E-state index contributed by atoms with van der Waals surface area (Å²) in [7, 11) is 1.60. The van der Waals surface area contributed by atoms with Gasteiger partial charge < -0.3 is 9.84 Å². The minimum Gasteiger partial charge on any atom is -0.384 e. The molecule has 1 N–H and O–H groups in total. The molecule has 0 saturated carbocycles. The number of para-hydroxylation sites is 1. The highest BCUT2D eigenvalue weighted by Crippen LogP contribution is 2.31. The van der Waals surface area contributed by atoms with Crippen molar-refractivity contribution in [3.63, 3.8) is 0 Å². The average molecular weight is 261 g/mol. The highest BCUT2D eigenvalue weighted by molar-refractivity contribution is 5.32. The molecule has 0 amide bonds. The first-order valence-electron chi connectivity index (χ1n) is 6.31. The normalized spacial score (nSPS) is 16.0. The fourth-order valence-corrected chi connectivity index (χ4v) is 1.96. The zero-order valence-corrected chi connectivity index (χ0v) is 11.4. The van der Waals surface area contributed by atoms with Crippen LogP contribution in [0.2, 0.25) is 0 Å². The van der Waals surface area contributed by atoms with E-state index >= 15 is 0 Å². The van der Waals surface area contributed by atoms with Gasteiger partial charge in [-0.25, -0.2) is 4.68 Å². The summed E-state index contributed by atoms with van der Waals surface area (Å²) in [6.45, 7) is 3.85. The Balaban J connectivity index is 2.40. The first kappa shape index (κ1) is 13.7. The van der Waals surface area contributed by atoms with Crippen LogP contribution in [0.15, 0.2) is 36.5 Å². The maximum Gasteiger partial charge on any atom is 0.126 e. The molecule has 2 aromatic rings. The van der Waals surface area contributed by atoms with E-state index in [1.807, 2.05) is 44.2 Å². The van der Waals surface area contributed by atoms with Crippen LogP contribution < -0.4 is 0 Å². The maximum absolute atomic E-state index is 10.5. The minimum absolute atomic E-state index is 0.623. The zero-order chi connectivity index (χ0) is 13.9. The second-order valence-electron chi connectivity index (χ2n) is 4.68. The Kier molecular flexibility index (Phi) is 3.97. The van der Waals surface area contributed by atoms with E-state index in [1.165, 1.54) is 0 Å². The van der Waals surface area contributed by atoms with Gasteiger partial charge in [0.25, 0.3) is 0 Å². The molecular formula is C14H19N3O2. The Bertz CT molecular complexity index is 520. The van der Waals surface area contributed by atoms with Crippen LogP contribution in [0.3, 0.4) is 0 Å². The predicted molar refractivity (Wildman–Crippen MR) is 72.0 cm³/mol. The third kappa shape index (κ3) is 2.52. The van der Waals surface area contributed by atoms with Crippen LogP contribution in [-0.4, -0.2) is 32.8 Å². The number of benzene rings is 1. The second kappa shape index (κ2) is 5.50. The Morgan fingerprint density at radius 1 is 1.37 bits per heavy atom. The minimum atomic E-state index is -0.794. The number of rotatable bonds is 5. The van der Waals surface area contributed by atoms with Gasteiger partial charge in [0.1, 0.15) is 6.10 Å². The summed E-state index contributed by atoms with van der Waals surface area (Å²) < 4.78 is 7.08. The Hall–Kier alpha value is -1.72. The molecule has 2 atom stereocenters. The maximum atomic E-state index is 10.5. The van der Waals surface area contributed by atoms with E-state index in [0.717, 1.165) is 5.69 Å². The molecule has 0 bridgehead atoms. The van der Waals surface area contributed by atoms with Gasteiger partial charge in [-0.15, -0.1) is 5.10 Å². The molecule has 0 aliphatic heterocycles. The number of nitrogens with zero attached hydrogens (tertiary/aromatic N) is 3. The van der Waals surface area contributed by atoms with E-state index in [4.69, 9.17) is 4.74 Å². The number of aliphatic hydroxyl groups is 1. The lowest BCUT2D eigenvalue weighted by atomic mass is 9.93. The van der Waals surface area contributed by atoms with Gasteiger partial charge in [0, 0.05) is 7.11 Å². The lowest BCUT2D eigenvalue weighted by Crippen LogP contribution is -2.35. The number of aromatic nitrogens is 3. The molecule has 0 saturated heterocycles. The van der Waals surface area contributed by atoms with Gasteiger partial charge in [-0.3, -0.25) is 0 Å². The summed E-state index contributed by atoms with van der Waals surface area (Å²) in [6, 6.07) is 9.61. The molecule has 1 aromatic heterocycles. The van der Waals surface area contributed by atoms with Gasteiger partial charge in [0.15, 0.2) is 0 Å². The molecule has 5 heteroatoms. The smallest absolute Gasteiger partial charge is 0.126 e. The van der Waals surface area contributed by atoms with E-state index in [0.29, 0.717) is 12.1 Å². The molecule has 0 aliphatic rings. The van der Waals surface area contributed by atoms with Crippen molar-refractivity contribution in [2.75, 3.05) is 7.11 Å². The van der Waals surface area contributed by atoms with E-state index in [1.54, 1.807) is 18.0 Å². The molecule has 5 nitrogen and oxygen atoms in total. The zero-order valence-electron chi connectivity index (χ0n) is 11.4. The van der Waals surface area contributed by atoms with Crippen molar-refractivity contribution in [2.45, 2.75) is 32.0 Å². The van der Waals surface area contributed by atoms with E-state index < -0.39 is 11.7 Å². The van der Waals surface area contributed by atoms with Crippen LogP contribution >= 0.6 is 0 Å². The lowest BCUT2D eigenvalue weighted by molar-refractivity contribution is -0.0968. The Labute approximate surface area is 112 Å². The van der Waals surface area contributed by atoms with E-state index in [2.05, 4.69) is 10.3 Å². The third-order valence-electron chi connectivity index (χ3n) is 3.60. The molecule has 1 heterocycles. The number of ether oxygens (including phenoxy) is 1. The van der Waals surface area contributed by atoms with Crippen molar-refractivity contribution in [1.82, 2.24) is 15.0 Å². The fourth-order valence-electron chi connectivity index (χ4n) is 1.96.